The molecule has 2 aromatic rings. The Morgan fingerprint density at radius 3 is 2.63 bits per heavy atom. The zero-order chi connectivity index (χ0) is 21.0. The number of hydrogen-bond donors (Lipinski definition) is 4. The normalized spacial score (nSPS) is 20.5. The average Bonchev–Trinajstić information content (AvgIpc) is 2.93. The van der Waals surface area contributed by atoms with E-state index in [2.05, 4.69) is 20.6 Å². The number of anilines is 2. The zero-order valence-electron chi connectivity index (χ0n) is 16.9. The lowest BCUT2D eigenvalue weighted by molar-refractivity contribution is -0.275. The Balaban J connectivity index is 1.46. The van der Waals surface area contributed by atoms with Crippen LogP contribution in [0.3, 0.4) is 0 Å². The van der Waals surface area contributed by atoms with Gasteiger partial charge in [-0.25, -0.2) is 9.88 Å². The molecule has 2 aromatic heterocycles. The Morgan fingerprint density at radius 1 is 1.10 bits per heavy atom. The second kappa shape index (κ2) is 9.05. The van der Waals surface area contributed by atoms with Crippen molar-refractivity contribution in [1.82, 2.24) is 20.2 Å². The van der Waals surface area contributed by atoms with Crippen molar-refractivity contribution in [2.75, 3.05) is 42.9 Å². The van der Waals surface area contributed by atoms with Gasteiger partial charge in [-0.3, -0.25) is 9.78 Å². The maximum atomic E-state index is 12.6. The van der Waals surface area contributed by atoms with E-state index in [-0.39, 0.29) is 18.4 Å². The summed E-state index contributed by atoms with van der Waals surface area (Å²) in [6.45, 7) is 3.34. The van der Waals surface area contributed by atoms with E-state index in [0.717, 1.165) is 25.9 Å². The van der Waals surface area contributed by atoms with Gasteiger partial charge in [-0.15, -0.1) is 0 Å². The van der Waals surface area contributed by atoms with Crippen LogP contribution in [-0.2, 0) is 0 Å². The summed E-state index contributed by atoms with van der Waals surface area (Å²) in [4.78, 5) is 24.9. The van der Waals surface area contributed by atoms with Crippen LogP contribution in [0.2, 0.25) is 0 Å². The average molecular weight is 412 g/mol. The summed E-state index contributed by atoms with van der Waals surface area (Å²) in [7, 11) is 0. The van der Waals surface area contributed by atoms with Gasteiger partial charge in [0.1, 0.15) is 11.5 Å². The van der Waals surface area contributed by atoms with Crippen LogP contribution in [0, 0.1) is 0 Å². The monoisotopic (exact) mass is 412 g/mol. The number of pyridine rings is 2. The Morgan fingerprint density at radius 2 is 1.87 bits per heavy atom. The second-order valence-corrected chi connectivity index (χ2v) is 7.76. The van der Waals surface area contributed by atoms with Gasteiger partial charge in [0.25, 0.3) is 5.91 Å². The van der Waals surface area contributed by atoms with Crippen LogP contribution in [0.15, 0.2) is 42.7 Å². The van der Waals surface area contributed by atoms with Gasteiger partial charge in [0.15, 0.2) is 0 Å². The summed E-state index contributed by atoms with van der Waals surface area (Å²) in [5, 5.41) is 27.5. The van der Waals surface area contributed by atoms with E-state index in [9.17, 15) is 15.0 Å². The Bertz CT molecular complexity index is 857. The van der Waals surface area contributed by atoms with E-state index in [0.29, 0.717) is 36.8 Å². The molecule has 1 amide bonds. The number of amides is 1. The Labute approximate surface area is 175 Å². The van der Waals surface area contributed by atoms with Crippen molar-refractivity contribution in [3.63, 3.8) is 0 Å². The van der Waals surface area contributed by atoms with E-state index in [4.69, 9.17) is 0 Å². The molecular weight excluding hydrogens is 384 g/mol. The van der Waals surface area contributed by atoms with Gasteiger partial charge < -0.3 is 25.7 Å². The predicted molar refractivity (Wildman–Crippen MR) is 113 cm³/mol. The smallest absolute Gasteiger partial charge is 0.274 e. The van der Waals surface area contributed by atoms with E-state index >= 15 is 0 Å². The summed E-state index contributed by atoms with van der Waals surface area (Å²) in [6, 6.07) is 8.89. The van der Waals surface area contributed by atoms with E-state index in [1.54, 1.807) is 36.7 Å². The number of nitrogens with one attached hydrogen (secondary N) is 2. The molecule has 0 atom stereocenters. The summed E-state index contributed by atoms with van der Waals surface area (Å²) in [5.41, 5.74) is 0.961. The molecule has 2 aliphatic heterocycles. The topological polar surface area (TPSA) is 114 Å². The molecule has 0 radical (unpaired) electrons. The highest BCUT2D eigenvalue weighted by Crippen LogP contribution is 2.26. The summed E-state index contributed by atoms with van der Waals surface area (Å²) in [6.07, 6.45) is 5.20. The molecule has 0 bridgehead atoms. The first-order valence-corrected chi connectivity index (χ1v) is 10.4. The van der Waals surface area contributed by atoms with E-state index in [1.165, 1.54) is 0 Å². The van der Waals surface area contributed by atoms with Crippen LogP contribution < -0.4 is 15.5 Å². The summed E-state index contributed by atoms with van der Waals surface area (Å²) < 4.78 is 0. The fourth-order valence-electron chi connectivity index (χ4n) is 4.13. The molecular formula is C21H28N6O3. The Kier molecular flexibility index (Phi) is 6.24. The van der Waals surface area contributed by atoms with Crippen molar-refractivity contribution >= 4 is 17.4 Å². The molecule has 4 N–H and O–H groups in total. The number of rotatable bonds is 4. The fraction of sp³-hybridized carbons (Fsp3) is 0.476. The standard InChI is InChI=1S/C21H28N6O3/c28-20(24-16-4-9-22-10-5-16)18-2-1-3-19(25-18)26-13-8-21(29,30)27(15-14-26)17-6-11-23-12-7-17/h1-5,9-10,17,23,29-30H,6-8,11-15H2,(H,22,24,28). The zero-order valence-corrected chi connectivity index (χ0v) is 16.9. The lowest BCUT2D eigenvalue weighted by atomic mass is 10.0. The highest BCUT2D eigenvalue weighted by molar-refractivity contribution is 6.03. The third-order valence-corrected chi connectivity index (χ3v) is 5.77. The molecule has 9 heteroatoms. The van der Waals surface area contributed by atoms with Gasteiger partial charge in [0.05, 0.1) is 0 Å². The van der Waals surface area contributed by atoms with Crippen LogP contribution >= 0.6 is 0 Å². The highest BCUT2D eigenvalue weighted by atomic mass is 16.5. The SMILES string of the molecule is O=C(Nc1ccncc1)c1cccc(N2CCN(C3CCNCC3)C(O)(O)CC2)n1. The lowest BCUT2D eigenvalue weighted by Gasteiger charge is -2.41. The molecule has 2 saturated heterocycles. The van der Waals surface area contributed by atoms with Gasteiger partial charge in [0, 0.05) is 50.2 Å². The lowest BCUT2D eigenvalue weighted by Crippen LogP contribution is -2.56. The number of carbonyl (C=O) groups is 1. The second-order valence-electron chi connectivity index (χ2n) is 7.76. The van der Waals surface area contributed by atoms with Gasteiger partial charge in [-0.05, 0) is 50.2 Å². The summed E-state index contributed by atoms with van der Waals surface area (Å²) >= 11 is 0. The first kappa shape index (κ1) is 20.7. The molecule has 0 aromatic carbocycles. The van der Waals surface area contributed by atoms with Gasteiger partial charge in [0.2, 0.25) is 5.91 Å². The molecule has 2 fully saturated rings. The molecule has 2 aliphatic rings. The maximum absolute atomic E-state index is 12.6. The quantitative estimate of drug-likeness (QED) is 0.541. The van der Waals surface area contributed by atoms with E-state index in [1.807, 2.05) is 15.9 Å². The van der Waals surface area contributed by atoms with Crippen LogP contribution in [0.5, 0.6) is 0 Å². The van der Waals surface area contributed by atoms with Crippen LogP contribution in [0.1, 0.15) is 29.8 Å². The third-order valence-electron chi connectivity index (χ3n) is 5.77. The van der Waals surface area contributed by atoms with Crippen molar-refractivity contribution in [2.45, 2.75) is 31.2 Å². The number of aromatic nitrogens is 2. The maximum Gasteiger partial charge on any atom is 0.274 e. The van der Waals surface area contributed by atoms with Crippen LogP contribution in [0.25, 0.3) is 0 Å². The molecule has 9 nitrogen and oxygen atoms in total. The molecule has 0 saturated carbocycles. The number of carbonyl (C=O) groups excluding carboxylic acids is 1. The van der Waals surface area contributed by atoms with Crippen LogP contribution in [-0.4, -0.2) is 75.7 Å². The first-order valence-electron chi connectivity index (χ1n) is 10.4. The summed E-state index contributed by atoms with van der Waals surface area (Å²) in [5.74, 6) is -1.49. The predicted octanol–water partition coefficient (Wildman–Crippen LogP) is 0.631. The number of piperidine rings is 1. The molecule has 4 heterocycles. The largest absolute Gasteiger partial charge is 0.355 e. The number of nitrogens with zero attached hydrogens (tertiary/aromatic N) is 4. The van der Waals surface area contributed by atoms with Crippen molar-refractivity contribution in [2.24, 2.45) is 0 Å². The van der Waals surface area contributed by atoms with E-state index < -0.39 is 5.91 Å². The third kappa shape index (κ3) is 4.76. The minimum Gasteiger partial charge on any atom is -0.355 e. The highest BCUT2D eigenvalue weighted by Gasteiger charge is 2.39. The molecule has 4 rings (SSSR count). The molecule has 0 unspecified atom stereocenters. The molecule has 0 aliphatic carbocycles. The molecule has 160 valence electrons. The minimum atomic E-state index is -1.84. The number of aliphatic hydroxyl groups is 2. The minimum absolute atomic E-state index is 0.145. The molecule has 0 spiro atoms. The fourth-order valence-corrected chi connectivity index (χ4v) is 4.13. The van der Waals surface area contributed by atoms with Gasteiger partial charge in [-0.2, -0.15) is 0 Å². The van der Waals surface area contributed by atoms with Crippen molar-refractivity contribution in [3.8, 4) is 0 Å². The van der Waals surface area contributed by atoms with Gasteiger partial charge in [-0.1, -0.05) is 6.07 Å². The number of hydrogen-bond acceptors (Lipinski definition) is 8. The Hall–Kier alpha value is -2.59. The molecule has 30 heavy (non-hydrogen) atoms. The first-order chi connectivity index (χ1) is 14.5. The van der Waals surface area contributed by atoms with Crippen molar-refractivity contribution in [3.05, 3.63) is 48.4 Å². The van der Waals surface area contributed by atoms with Crippen molar-refractivity contribution in [1.29, 1.82) is 0 Å². The van der Waals surface area contributed by atoms with Gasteiger partial charge >= 0.3 is 0 Å². The van der Waals surface area contributed by atoms with Crippen molar-refractivity contribution < 1.29 is 15.0 Å². The van der Waals surface area contributed by atoms with Crippen LogP contribution in [0.4, 0.5) is 11.5 Å².